The molecule has 4 rings (SSSR count). The second-order valence-corrected chi connectivity index (χ2v) is 7.43. The van der Waals surface area contributed by atoms with Gasteiger partial charge in [-0.25, -0.2) is 13.6 Å². The van der Waals surface area contributed by atoms with Gasteiger partial charge >= 0.3 is 5.97 Å². The number of carbonyl (C=O) groups excluding carboxylic acids is 1. The molecule has 1 fully saturated rings. The van der Waals surface area contributed by atoms with Crippen LogP contribution in [0.15, 0.2) is 24.3 Å². The number of aryl methyl sites for hydroxylation is 2. The van der Waals surface area contributed by atoms with Crippen molar-refractivity contribution in [2.75, 3.05) is 13.7 Å². The second-order valence-electron chi connectivity index (χ2n) is 7.43. The highest BCUT2D eigenvalue weighted by Crippen LogP contribution is 2.49. The molecule has 1 N–H and O–H groups in total. The number of carbonyl (C=O) groups is 2. The first kappa shape index (κ1) is 19.4. The maximum Gasteiger partial charge on any atom is 0.356 e. The van der Waals surface area contributed by atoms with Crippen LogP contribution in [0.3, 0.4) is 0 Å². The molecule has 154 valence electrons. The van der Waals surface area contributed by atoms with Gasteiger partial charge in [-0.2, -0.15) is 5.10 Å². The van der Waals surface area contributed by atoms with Crippen molar-refractivity contribution in [1.29, 1.82) is 0 Å². The Morgan fingerprint density at radius 1 is 1.31 bits per heavy atom. The van der Waals surface area contributed by atoms with Gasteiger partial charge in [0.05, 0.1) is 7.11 Å². The van der Waals surface area contributed by atoms with Gasteiger partial charge in [0.15, 0.2) is 5.69 Å². The van der Waals surface area contributed by atoms with Gasteiger partial charge in [0.25, 0.3) is 5.92 Å². The van der Waals surface area contributed by atoms with Gasteiger partial charge in [0.2, 0.25) is 5.91 Å². The molecule has 29 heavy (non-hydrogen) atoms. The van der Waals surface area contributed by atoms with Crippen molar-refractivity contribution in [2.24, 2.45) is 5.92 Å². The molecule has 1 unspecified atom stereocenters. The Labute approximate surface area is 165 Å². The monoisotopic (exact) mass is 405 g/mol. The molecular weight excluding hydrogens is 384 g/mol. The zero-order valence-corrected chi connectivity index (χ0v) is 15.9. The van der Waals surface area contributed by atoms with Crippen molar-refractivity contribution in [3.05, 3.63) is 46.8 Å². The first-order valence-electron chi connectivity index (χ1n) is 9.41. The molecule has 0 bridgehead atoms. The number of carboxylic acid groups (broad SMARTS) is 1. The lowest BCUT2D eigenvalue weighted by molar-refractivity contribution is -0.135. The van der Waals surface area contributed by atoms with E-state index in [0.29, 0.717) is 24.9 Å². The van der Waals surface area contributed by atoms with E-state index in [-0.39, 0.29) is 18.8 Å². The average molecular weight is 405 g/mol. The largest absolute Gasteiger partial charge is 0.497 e. The smallest absolute Gasteiger partial charge is 0.356 e. The van der Waals surface area contributed by atoms with Crippen molar-refractivity contribution in [3.8, 4) is 5.75 Å². The summed E-state index contributed by atoms with van der Waals surface area (Å²) in [5.41, 5.74) is 2.13. The number of aromatic carboxylic acids is 1. The third kappa shape index (κ3) is 3.68. The molecule has 1 atom stereocenters. The number of hydrogen-bond acceptors (Lipinski definition) is 4. The molecule has 1 amide bonds. The number of benzene rings is 1. The standard InChI is InChI=1S/C20H21F2N3O4/c1-29-13-4-2-12(3-5-13)6-9-25-16-7-8-24(18(26)15-10-20(15,21)22)11-14(16)17(23-25)19(27)28/h2-5,15H,6-11H2,1H3,(H,27,28). The second kappa shape index (κ2) is 7.13. The van der Waals surface area contributed by atoms with Crippen LogP contribution in [0.2, 0.25) is 0 Å². The molecule has 0 saturated heterocycles. The van der Waals surface area contributed by atoms with E-state index < -0.39 is 30.1 Å². The van der Waals surface area contributed by atoms with Gasteiger partial charge in [-0.1, -0.05) is 12.1 Å². The summed E-state index contributed by atoms with van der Waals surface area (Å²) in [6.45, 7) is 0.771. The quantitative estimate of drug-likeness (QED) is 0.798. The Kier molecular flexibility index (Phi) is 4.76. The number of fused-ring (bicyclic) bond motifs is 1. The third-order valence-electron chi connectivity index (χ3n) is 5.54. The molecule has 2 heterocycles. The highest BCUT2D eigenvalue weighted by molar-refractivity contribution is 5.88. The van der Waals surface area contributed by atoms with E-state index in [1.165, 1.54) is 4.90 Å². The number of hydrogen-bond donors (Lipinski definition) is 1. The van der Waals surface area contributed by atoms with E-state index in [1.54, 1.807) is 11.8 Å². The van der Waals surface area contributed by atoms with E-state index in [2.05, 4.69) is 5.10 Å². The molecule has 0 spiro atoms. The molecule has 1 aromatic heterocycles. The lowest BCUT2D eigenvalue weighted by Gasteiger charge is -2.28. The Bertz CT molecular complexity index is 955. The number of carboxylic acids is 1. The first-order chi connectivity index (χ1) is 13.8. The summed E-state index contributed by atoms with van der Waals surface area (Å²) < 4.78 is 33.3. The van der Waals surface area contributed by atoms with E-state index >= 15 is 0 Å². The highest BCUT2D eigenvalue weighted by atomic mass is 19.3. The van der Waals surface area contributed by atoms with Crippen LogP contribution in [0.25, 0.3) is 0 Å². The number of ether oxygens (including phenoxy) is 1. The van der Waals surface area contributed by atoms with E-state index in [0.717, 1.165) is 17.0 Å². The lowest BCUT2D eigenvalue weighted by atomic mass is 10.0. The summed E-state index contributed by atoms with van der Waals surface area (Å²) >= 11 is 0. The fraction of sp³-hybridized carbons (Fsp3) is 0.450. The zero-order valence-electron chi connectivity index (χ0n) is 15.9. The summed E-state index contributed by atoms with van der Waals surface area (Å²) in [6.07, 6.45) is 0.610. The van der Waals surface area contributed by atoms with Crippen molar-refractivity contribution < 1.29 is 28.2 Å². The fourth-order valence-corrected chi connectivity index (χ4v) is 3.76. The van der Waals surface area contributed by atoms with Crippen molar-refractivity contribution in [3.63, 3.8) is 0 Å². The number of aromatic nitrogens is 2. The number of nitrogens with zero attached hydrogens (tertiary/aromatic N) is 3. The van der Waals surface area contributed by atoms with Crippen molar-refractivity contribution >= 4 is 11.9 Å². The van der Waals surface area contributed by atoms with Crippen LogP contribution < -0.4 is 4.74 Å². The van der Waals surface area contributed by atoms with Gasteiger partial charge in [0, 0.05) is 43.7 Å². The van der Waals surface area contributed by atoms with Gasteiger partial charge in [0.1, 0.15) is 11.7 Å². The van der Waals surface area contributed by atoms with Crippen LogP contribution in [0.4, 0.5) is 8.78 Å². The van der Waals surface area contributed by atoms with Crippen LogP contribution in [0, 0.1) is 5.92 Å². The summed E-state index contributed by atoms with van der Waals surface area (Å²) in [5.74, 6) is -5.25. The van der Waals surface area contributed by atoms with Crippen molar-refractivity contribution in [1.82, 2.24) is 14.7 Å². The minimum atomic E-state index is -2.93. The molecule has 1 aliphatic heterocycles. The van der Waals surface area contributed by atoms with E-state index in [4.69, 9.17) is 4.74 Å². The van der Waals surface area contributed by atoms with Gasteiger partial charge in [-0.3, -0.25) is 9.48 Å². The number of methoxy groups -OCH3 is 1. The Morgan fingerprint density at radius 3 is 2.59 bits per heavy atom. The predicted molar refractivity (Wildman–Crippen MR) is 98.1 cm³/mol. The van der Waals surface area contributed by atoms with Gasteiger partial charge in [-0.05, 0) is 24.1 Å². The number of rotatable bonds is 6. The van der Waals surface area contributed by atoms with Crippen LogP contribution in [-0.2, 0) is 30.7 Å². The number of alkyl halides is 2. The summed E-state index contributed by atoms with van der Waals surface area (Å²) in [5, 5.41) is 13.7. The Hall–Kier alpha value is -2.97. The van der Waals surface area contributed by atoms with E-state index in [9.17, 15) is 23.5 Å². The average Bonchev–Trinajstić information content (AvgIpc) is 3.19. The van der Waals surface area contributed by atoms with Crippen molar-refractivity contribution in [2.45, 2.75) is 38.3 Å². The number of halogens is 2. The minimum absolute atomic E-state index is 0.00488. The Balaban J connectivity index is 1.51. The van der Waals surface area contributed by atoms with Crippen LogP contribution >= 0.6 is 0 Å². The molecule has 2 aromatic rings. The van der Waals surface area contributed by atoms with Gasteiger partial charge in [-0.15, -0.1) is 0 Å². The first-order valence-corrected chi connectivity index (χ1v) is 9.41. The SMILES string of the molecule is COc1ccc(CCn2nc(C(=O)O)c3c2CCN(C(=O)C2CC2(F)F)C3)cc1. The molecule has 2 aliphatic rings. The Morgan fingerprint density at radius 2 is 2.00 bits per heavy atom. The minimum Gasteiger partial charge on any atom is -0.497 e. The number of amides is 1. The molecule has 0 radical (unpaired) electrons. The fourth-order valence-electron chi connectivity index (χ4n) is 3.76. The third-order valence-corrected chi connectivity index (χ3v) is 5.54. The van der Waals surface area contributed by atoms with Crippen LogP contribution in [0.1, 0.15) is 33.7 Å². The lowest BCUT2D eigenvalue weighted by Crippen LogP contribution is -2.38. The molecule has 9 heteroatoms. The van der Waals surface area contributed by atoms with Crippen LogP contribution in [-0.4, -0.2) is 51.2 Å². The van der Waals surface area contributed by atoms with Crippen LogP contribution in [0.5, 0.6) is 5.75 Å². The molecule has 1 saturated carbocycles. The van der Waals surface area contributed by atoms with E-state index in [1.807, 2.05) is 24.3 Å². The summed E-state index contributed by atoms with van der Waals surface area (Å²) in [6, 6.07) is 7.58. The van der Waals surface area contributed by atoms with Gasteiger partial charge < -0.3 is 14.7 Å². The maximum atomic E-state index is 13.3. The maximum absolute atomic E-state index is 13.3. The zero-order chi connectivity index (χ0) is 20.8. The normalized spacial score (nSPS) is 19.6. The molecule has 7 nitrogen and oxygen atoms in total. The molecular formula is C20H21F2N3O4. The summed E-state index contributed by atoms with van der Waals surface area (Å²) in [4.78, 5) is 25.3. The topological polar surface area (TPSA) is 84.7 Å². The summed E-state index contributed by atoms with van der Waals surface area (Å²) in [7, 11) is 1.59. The molecule has 1 aliphatic carbocycles. The predicted octanol–water partition coefficient (Wildman–Crippen LogP) is 2.37. The highest BCUT2D eigenvalue weighted by Gasteiger charge is 2.62. The molecule has 1 aromatic carbocycles.